The molecule has 0 bridgehead atoms. The molecule has 0 aliphatic rings. The number of oxazole rings is 1. The Morgan fingerprint density at radius 1 is 0.806 bits per heavy atom. The molecule has 36 heavy (non-hydrogen) atoms. The summed E-state index contributed by atoms with van der Waals surface area (Å²) in [5.41, 5.74) is 6.88. The molecule has 0 spiro atoms. The van der Waals surface area contributed by atoms with Crippen LogP contribution in [0.2, 0.25) is 0 Å². The molecular weight excluding hydrogens is 460 g/mol. The van der Waals surface area contributed by atoms with Gasteiger partial charge >= 0.3 is 0 Å². The minimum absolute atomic E-state index is 0.0894. The summed E-state index contributed by atoms with van der Waals surface area (Å²) >= 11 is 1.78. The van der Waals surface area contributed by atoms with Crippen molar-refractivity contribution in [1.29, 1.82) is 0 Å². The van der Waals surface area contributed by atoms with Crippen LogP contribution in [0.4, 0.5) is 5.69 Å². The van der Waals surface area contributed by atoms with E-state index >= 15 is 0 Å². The molecule has 0 N–H and O–H groups in total. The molecule has 0 unspecified atom stereocenters. The molecule has 0 fully saturated rings. The Labute approximate surface area is 214 Å². The van der Waals surface area contributed by atoms with Gasteiger partial charge in [-0.15, -0.1) is 11.3 Å². The van der Waals surface area contributed by atoms with Crippen LogP contribution in [0.25, 0.3) is 43.1 Å². The molecule has 3 nitrogen and oxygen atoms in total. The highest BCUT2D eigenvalue weighted by molar-refractivity contribution is 7.22. The molecular formula is C32H26N2OS. The third-order valence-corrected chi connectivity index (χ3v) is 7.50. The fourth-order valence-corrected chi connectivity index (χ4v) is 5.46. The molecule has 6 aromatic rings. The van der Waals surface area contributed by atoms with Gasteiger partial charge in [-0.1, -0.05) is 81.4 Å². The van der Waals surface area contributed by atoms with E-state index in [-0.39, 0.29) is 5.41 Å². The number of fused-ring (bicyclic) bond motifs is 2. The molecule has 2 heterocycles. The predicted octanol–water partition coefficient (Wildman–Crippen LogP) is 9.42. The fourth-order valence-electron chi connectivity index (χ4n) is 4.37. The van der Waals surface area contributed by atoms with Gasteiger partial charge in [0.15, 0.2) is 5.58 Å². The van der Waals surface area contributed by atoms with Gasteiger partial charge in [0.05, 0.1) is 11.3 Å². The first-order valence-electron chi connectivity index (χ1n) is 12.1. The van der Waals surface area contributed by atoms with E-state index in [1.165, 1.54) is 20.5 Å². The van der Waals surface area contributed by atoms with Crippen LogP contribution in [0, 0.1) is 0 Å². The number of hydrogen-bond acceptors (Lipinski definition) is 4. The normalized spacial score (nSPS) is 12.2. The average Bonchev–Trinajstić information content (AvgIpc) is 3.51. The molecule has 6 rings (SSSR count). The van der Waals surface area contributed by atoms with Crippen LogP contribution in [-0.4, -0.2) is 11.2 Å². The van der Waals surface area contributed by atoms with Crippen molar-refractivity contribution in [2.45, 2.75) is 26.2 Å². The largest absolute Gasteiger partial charge is 0.436 e. The van der Waals surface area contributed by atoms with Gasteiger partial charge in [0.25, 0.3) is 0 Å². The Morgan fingerprint density at radius 3 is 2.44 bits per heavy atom. The van der Waals surface area contributed by atoms with Crippen LogP contribution in [0.1, 0.15) is 31.9 Å². The van der Waals surface area contributed by atoms with E-state index in [1.54, 1.807) is 11.3 Å². The lowest BCUT2D eigenvalue weighted by Gasteiger charge is -2.19. The molecule has 2 aromatic heterocycles. The number of hydrogen-bond donors (Lipinski definition) is 0. The minimum atomic E-state index is 0.0894. The summed E-state index contributed by atoms with van der Waals surface area (Å²) in [6, 6.07) is 33.3. The summed E-state index contributed by atoms with van der Waals surface area (Å²) in [6.07, 6.45) is 1.92. The number of aliphatic imine (C=N–C) groups is 1. The molecule has 0 saturated heterocycles. The summed E-state index contributed by atoms with van der Waals surface area (Å²) in [5.74, 6) is 0.578. The van der Waals surface area contributed by atoms with Gasteiger partial charge in [0, 0.05) is 21.4 Å². The van der Waals surface area contributed by atoms with E-state index in [0.29, 0.717) is 5.89 Å². The molecule has 0 aliphatic heterocycles. The SMILES string of the molecule is CC(C)(C)c1cccc(C=Nc2ccccc2-c2nc3c(-c4cc5ccccc5s4)cccc3o2)c1. The van der Waals surface area contributed by atoms with Crippen LogP contribution in [0.5, 0.6) is 0 Å². The molecule has 176 valence electrons. The molecule has 4 heteroatoms. The maximum atomic E-state index is 6.27. The lowest BCUT2D eigenvalue weighted by atomic mass is 9.86. The summed E-state index contributed by atoms with van der Waals surface area (Å²) < 4.78 is 7.53. The summed E-state index contributed by atoms with van der Waals surface area (Å²) in [4.78, 5) is 11.0. The van der Waals surface area contributed by atoms with E-state index in [1.807, 2.05) is 42.6 Å². The number of aromatic nitrogens is 1. The summed E-state index contributed by atoms with van der Waals surface area (Å²) in [5, 5.41) is 1.24. The van der Waals surface area contributed by atoms with Gasteiger partial charge in [-0.05, 0) is 58.3 Å². The smallest absolute Gasteiger partial charge is 0.229 e. The van der Waals surface area contributed by atoms with E-state index in [4.69, 9.17) is 14.4 Å². The Hall–Kier alpha value is -4.02. The number of benzene rings is 4. The monoisotopic (exact) mass is 486 g/mol. The van der Waals surface area contributed by atoms with Crippen molar-refractivity contribution in [2.24, 2.45) is 4.99 Å². The van der Waals surface area contributed by atoms with Crippen molar-refractivity contribution in [2.75, 3.05) is 0 Å². The van der Waals surface area contributed by atoms with Crippen LogP contribution < -0.4 is 0 Å². The van der Waals surface area contributed by atoms with Crippen LogP contribution >= 0.6 is 11.3 Å². The van der Waals surface area contributed by atoms with Crippen molar-refractivity contribution in [3.8, 4) is 21.9 Å². The van der Waals surface area contributed by atoms with Gasteiger partial charge in [-0.2, -0.15) is 0 Å². The second-order valence-electron chi connectivity index (χ2n) is 9.97. The van der Waals surface area contributed by atoms with Gasteiger partial charge in [0.1, 0.15) is 5.52 Å². The maximum absolute atomic E-state index is 6.27. The van der Waals surface area contributed by atoms with Gasteiger partial charge in [-0.3, -0.25) is 4.99 Å². The first kappa shape index (κ1) is 22.4. The van der Waals surface area contributed by atoms with Gasteiger partial charge in [-0.25, -0.2) is 4.98 Å². The summed E-state index contributed by atoms with van der Waals surface area (Å²) in [7, 11) is 0. The fraction of sp³-hybridized carbons (Fsp3) is 0.125. The summed E-state index contributed by atoms with van der Waals surface area (Å²) in [6.45, 7) is 6.66. The van der Waals surface area contributed by atoms with E-state index in [9.17, 15) is 0 Å². The number of nitrogens with zero attached hydrogens (tertiary/aromatic N) is 2. The standard InChI is InChI=1S/C32H26N2OS/c1-32(2,3)23-12-8-10-21(18-23)20-33-26-15-6-5-13-24(26)31-34-30-25(14-9-16-27(30)35-31)29-19-22-11-4-7-17-28(22)36-29/h4-20H,1-3H3. The molecule has 0 radical (unpaired) electrons. The molecule has 0 atom stereocenters. The molecule has 4 aromatic carbocycles. The van der Waals surface area contributed by atoms with Gasteiger partial charge in [0.2, 0.25) is 5.89 Å². The lowest BCUT2D eigenvalue weighted by molar-refractivity contribution is 0.590. The van der Waals surface area contributed by atoms with Gasteiger partial charge < -0.3 is 4.42 Å². The van der Waals surface area contributed by atoms with Crippen molar-refractivity contribution < 1.29 is 4.42 Å². The zero-order chi connectivity index (χ0) is 24.7. The first-order valence-corrected chi connectivity index (χ1v) is 12.9. The van der Waals surface area contributed by atoms with Crippen LogP contribution in [0.15, 0.2) is 106 Å². The van der Waals surface area contributed by atoms with Crippen LogP contribution in [0.3, 0.4) is 0 Å². The van der Waals surface area contributed by atoms with Crippen molar-refractivity contribution >= 4 is 44.4 Å². The van der Waals surface area contributed by atoms with Crippen molar-refractivity contribution in [3.63, 3.8) is 0 Å². The van der Waals surface area contributed by atoms with Crippen molar-refractivity contribution in [3.05, 3.63) is 108 Å². The van der Waals surface area contributed by atoms with E-state index in [2.05, 4.69) is 81.4 Å². The number of thiophene rings is 1. The average molecular weight is 487 g/mol. The number of rotatable bonds is 4. The third-order valence-electron chi connectivity index (χ3n) is 6.35. The zero-order valence-corrected chi connectivity index (χ0v) is 21.3. The molecule has 0 saturated carbocycles. The Kier molecular flexibility index (Phi) is 5.54. The zero-order valence-electron chi connectivity index (χ0n) is 20.5. The Balaban J connectivity index is 1.40. The lowest BCUT2D eigenvalue weighted by Crippen LogP contribution is -2.11. The van der Waals surface area contributed by atoms with E-state index < -0.39 is 0 Å². The highest BCUT2D eigenvalue weighted by Gasteiger charge is 2.17. The maximum Gasteiger partial charge on any atom is 0.229 e. The van der Waals surface area contributed by atoms with Crippen molar-refractivity contribution in [1.82, 2.24) is 4.98 Å². The highest BCUT2D eigenvalue weighted by atomic mass is 32.1. The Morgan fingerprint density at radius 2 is 1.58 bits per heavy atom. The molecule has 0 aliphatic carbocycles. The first-order chi connectivity index (χ1) is 17.5. The topological polar surface area (TPSA) is 38.4 Å². The minimum Gasteiger partial charge on any atom is -0.436 e. The Bertz CT molecular complexity index is 1700. The van der Waals surface area contributed by atoms with E-state index in [0.717, 1.165) is 33.5 Å². The highest BCUT2D eigenvalue weighted by Crippen LogP contribution is 2.39. The van der Waals surface area contributed by atoms with Crippen LogP contribution in [-0.2, 0) is 5.41 Å². The molecule has 0 amide bonds. The quantitative estimate of drug-likeness (QED) is 0.233. The third kappa shape index (κ3) is 4.25. The number of para-hydroxylation sites is 2. The second kappa shape index (κ2) is 8.89. The predicted molar refractivity (Wildman–Crippen MR) is 153 cm³/mol. The second-order valence-corrected chi connectivity index (χ2v) is 11.1.